The van der Waals surface area contributed by atoms with E-state index in [4.69, 9.17) is 9.15 Å². The highest BCUT2D eigenvalue weighted by Gasteiger charge is 2.15. The van der Waals surface area contributed by atoms with Gasteiger partial charge in [-0.05, 0) is 30.3 Å². The number of anilines is 2. The number of fused-ring (bicyclic) bond motifs is 1. The second kappa shape index (κ2) is 8.37. The number of aromatic nitrogens is 1. The van der Waals surface area contributed by atoms with Gasteiger partial charge in [0, 0.05) is 37.9 Å². The van der Waals surface area contributed by atoms with Crippen LogP contribution in [0.2, 0.25) is 0 Å². The summed E-state index contributed by atoms with van der Waals surface area (Å²) in [7, 11) is 0. The van der Waals surface area contributed by atoms with Crippen LogP contribution in [0, 0.1) is 5.82 Å². The van der Waals surface area contributed by atoms with Crippen LogP contribution in [0.25, 0.3) is 11.0 Å². The number of amides is 1. The summed E-state index contributed by atoms with van der Waals surface area (Å²) < 4.78 is 23.9. The first kappa shape index (κ1) is 18.4. The molecule has 1 amide bonds. The zero-order chi connectivity index (χ0) is 19.3. The maximum Gasteiger partial charge on any atom is 0.270 e. The summed E-state index contributed by atoms with van der Waals surface area (Å²) in [5.74, 6) is -0.106. The standard InChI is InChI=1S/C20H21FN4O3/c21-14-1-3-15(4-2-14)23-19-16-5-10-28-18(16)13-17(24-19)20(26)22-6-7-25-8-11-27-12-9-25/h1-5,10,13H,6-9,11-12H2,(H,22,26)(H,23,24). The molecule has 2 aromatic heterocycles. The third kappa shape index (κ3) is 4.29. The Morgan fingerprint density at radius 1 is 1.18 bits per heavy atom. The third-order valence-electron chi connectivity index (χ3n) is 4.61. The van der Waals surface area contributed by atoms with Crippen LogP contribution >= 0.6 is 0 Å². The quantitative estimate of drug-likeness (QED) is 0.680. The number of carbonyl (C=O) groups excluding carboxylic acids is 1. The van der Waals surface area contributed by atoms with Gasteiger partial charge in [-0.1, -0.05) is 0 Å². The molecule has 0 spiro atoms. The van der Waals surface area contributed by atoms with Gasteiger partial charge in [0.2, 0.25) is 0 Å². The number of benzene rings is 1. The van der Waals surface area contributed by atoms with Crippen molar-refractivity contribution in [3.63, 3.8) is 0 Å². The van der Waals surface area contributed by atoms with E-state index < -0.39 is 0 Å². The van der Waals surface area contributed by atoms with Crippen molar-refractivity contribution in [2.45, 2.75) is 0 Å². The molecular weight excluding hydrogens is 363 g/mol. The normalized spacial score (nSPS) is 14.9. The van der Waals surface area contributed by atoms with E-state index in [1.165, 1.54) is 12.1 Å². The Morgan fingerprint density at radius 2 is 1.96 bits per heavy atom. The van der Waals surface area contributed by atoms with Crippen molar-refractivity contribution in [3.05, 3.63) is 54.2 Å². The van der Waals surface area contributed by atoms with Gasteiger partial charge in [0.15, 0.2) is 0 Å². The van der Waals surface area contributed by atoms with E-state index in [9.17, 15) is 9.18 Å². The predicted octanol–water partition coefficient (Wildman–Crippen LogP) is 2.77. The zero-order valence-electron chi connectivity index (χ0n) is 15.3. The van der Waals surface area contributed by atoms with E-state index >= 15 is 0 Å². The van der Waals surface area contributed by atoms with Crippen LogP contribution in [0.3, 0.4) is 0 Å². The van der Waals surface area contributed by atoms with Gasteiger partial charge in [-0.3, -0.25) is 9.69 Å². The lowest BCUT2D eigenvalue weighted by atomic mass is 10.2. The number of hydrogen-bond acceptors (Lipinski definition) is 6. The summed E-state index contributed by atoms with van der Waals surface area (Å²) in [6.07, 6.45) is 1.54. The number of nitrogens with one attached hydrogen (secondary N) is 2. The molecule has 1 aliphatic rings. The van der Waals surface area contributed by atoms with Crippen LogP contribution < -0.4 is 10.6 Å². The molecule has 1 fully saturated rings. The Kier molecular flexibility index (Phi) is 5.50. The van der Waals surface area contributed by atoms with E-state index in [-0.39, 0.29) is 17.4 Å². The van der Waals surface area contributed by atoms with Gasteiger partial charge < -0.3 is 19.8 Å². The number of nitrogens with zero attached hydrogens (tertiary/aromatic N) is 2. The second-order valence-corrected chi connectivity index (χ2v) is 6.53. The molecule has 1 aliphatic heterocycles. The van der Waals surface area contributed by atoms with Crippen LogP contribution in [-0.2, 0) is 4.74 Å². The molecule has 0 unspecified atom stereocenters. The summed E-state index contributed by atoms with van der Waals surface area (Å²) in [5, 5.41) is 6.77. The highest BCUT2D eigenvalue weighted by atomic mass is 19.1. The SMILES string of the molecule is O=C(NCCN1CCOCC1)c1cc2occc2c(Nc2ccc(F)cc2)n1. The van der Waals surface area contributed by atoms with Crippen molar-refractivity contribution in [2.24, 2.45) is 0 Å². The van der Waals surface area contributed by atoms with Crippen LogP contribution in [-0.4, -0.2) is 55.2 Å². The molecule has 7 nitrogen and oxygen atoms in total. The molecule has 28 heavy (non-hydrogen) atoms. The summed E-state index contributed by atoms with van der Waals surface area (Å²) in [5.41, 5.74) is 1.48. The molecule has 0 aliphatic carbocycles. The monoisotopic (exact) mass is 384 g/mol. The first-order chi connectivity index (χ1) is 13.7. The predicted molar refractivity (Wildman–Crippen MR) is 103 cm³/mol. The van der Waals surface area contributed by atoms with Gasteiger partial charge in [0.25, 0.3) is 5.91 Å². The van der Waals surface area contributed by atoms with E-state index in [2.05, 4.69) is 20.5 Å². The minimum atomic E-state index is -0.319. The lowest BCUT2D eigenvalue weighted by Crippen LogP contribution is -2.41. The molecule has 146 valence electrons. The van der Waals surface area contributed by atoms with Crippen molar-refractivity contribution in [1.82, 2.24) is 15.2 Å². The summed E-state index contributed by atoms with van der Waals surface area (Å²) in [6.45, 7) is 4.48. The Morgan fingerprint density at radius 3 is 2.75 bits per heavy atom. The van der Waals surface area contributed by atoms with Crippen molar-refractivity contribution < 1.29 is 18.3 Å². The van der Waals surface area contributed by atoms with Crippen LogP contribution in [0.5, 0.6) is 0 Å². The van der Waals surface area contributed by atoms with E-state index in [0.29, 0.717) is 23.6 Å². The van der Waals surface area contributed by atoms with Crippen LogP contribution in [0.1, 0.15) is 10.5 Å². The van der Waals surface area contributed by atoms with Gasteiger partial charge in [-0.15, -0.1) is 0 Å². The maximum atomic E-state index is 13.1. The number of rotatable bonds is 6. The number of hydrogen-bond donors (Lipinski definition) is 2. The molecule has 4 rings (SSSR count). The van der Waals surface area contributed by atoms with Crippen LogP contribution in [0.4, 0.5) is 15.9 Å². The molecule has 2 N–H and O–H groups in total. The first-order valence-corrected chi connectivity index (χ1v) is 9.18. The number of carbonyl (C=O) groups is 1. The average molecular weight is 384 g/mol. The maximum absolute atomic E-state index is 13.1. The molecule has 3 heterocycles. The summed E-state index contributed by atoms with van der Waals surface area (Å²) in [4.78, 5) is 19.3. The largest absolute Gasteiger partial charge is 0.464 e. The van der Waals surface area contributed by atoms with Gasteiger partial charge in [-0.2, -0.15) is 0 Å². The average Bonchev–Trinajstić information content (AvgIpc) is 3.19. The first-order valence-electron chi connectivity index (χ1n) is 9.18. The minimum Gasteiger partial charge on any atom is -0.464 e. The molecule has 0 atom stereocenters. The van der Waals surface area contributed by atoms with Gasteiger partial charge in [0.05, 0.1) is 24.9 Å². The number of ether oxygens (including phenoxy) is 1. The van der Waals surface area contributed by atoms with Crippen molar-refractivity contribution in [1.29, 1.82) is 0 Å². The Labute approximate surface area is 161 Å². The fourth-order valence-corrected chi connectivity index (χ4v) is 3.09. The second-order valence-electron chi connectivity index (χ2n) is 6.53. The molecule has 8 heteroatoms. The zero-order valence-corrected chi connectivity index (χ0v) is 15.3. The Balaban J connectivity index is 1.47. The minimum absolute atomic E-state index is 0.258. The molecule has 0 bridgehead atoms. The Hall–Kier alpha value is -2.97. The molecule has 0 radical (unpaired) electrons. The molecule has 0 saturated carbocycles. The molecule has 1 aromatic carbocycles. The molecular formula is C20H21FN4O3. The topological polar surface area (TPSA) is 79.6 Å². The summed E-state index contributed by atoms with van der Waals surface area (Å²) in [6, 6.07) is 9.33. The Bertz CT molecular complexity index is 952. The third-order valence-corrected chi connectivity index (χ3v) is 4.61. The van der Waals surface area contributed by atoms with Gasteiger partial charge >= 0.3 is 0 Å². The molecule has 3 aromatic rings. The van der Waals surface area contributed by atoms with Gasteiger partial charge in [-0.25, -0.2) is 9.37 Å². The van der Waals surface area contributed by atoms with Crippen molar-refractivity contribution >= 4 is 28.4 Å². The lowest BCUT2D eigenvalue weighted by Gasteiger charge is -2.26. The smallest absolute Gasteiger partial charge is 0.270 e. The fraction of sp³-hybridized carbons (Fsp3) is 0.300. The van der Waals surface area contributed by atoms with E-state index in [1.54, 1.807) is 30.5 Å². The number of pyridine rings is 1. The van der Waals surface area contributed by atoms with Crippen molar-refractivity contribution in [3.8, 4) is 0 Å². The van der Waals surface area contributed by atoms with Crippen molar-refractivity contribution in [2.75, 3.05) is 44.7 Å². The van der Waals surface area contributed by atoms with Crippen LogP contribution in [0.15, 0.2) is 47.1 Å². The number of furan rings is 1. The van der Waals surface area contributed by atoms with E-state index in [1.807, 2.05) is 0 Å². The van der Waals surface area contributed by atoms with Gasteiger partial charge in [0.1, 0.15) is 22.9 Å². The number of halogens is 1. The summed E-state index contributed by atoms with van der Waals surface area (Å²) >= 11 is 0. The highest BCUT2D eigenvalue weighted by Crippen LogP contribution is 2.26. The lowest BCUT2D eigenvalue weighted by molar-refractivity contribution is 0.0383. The molecule has 1 saturated heterocycles. The van der Waals surface area contributed by atoms with E-state index in [0.717, 1.165) is 38.2 Å². The fourth-order valence-electron chi connectivity index (χ4n) is 3.09. The highest BCUT2D eigenvalue weighted by molar-refractivity contribution is 5.99. The number of morpholine rings is 1.